The Bertz CT molecular complexity index is 2660. The molecule has 0 spiro atoms. The highest BCUT2D eigenvalue weighted by Gasteiger charge is 2.30. The minimum absolute atomic E-state index is 0.0434. The minimum Gasteiger partial charge on any atom is -0.462 e. The third kappa shape index (κ3) is 78.8. The van der Waals surface area contributed by atoms with Crippen LogP contribution in [0.25, 0.3) is 0 Å². The summed E-state index contributed by atoms with van der Waals surface area (Å²) in [5.41, 5.74) is 0. The third-order valence-corrected chi connectivity index (χ3v) is 18.9. The van der Waals surface area contributed by atoms with Gasteiger partial charge in [-0.1, -0.05) is 295 Å². The molecule has 0 aliphatic rings. The van der Waals surface area contributed by atoms with Gasteiger partial charge >= 0.3 is 39.5 Å². The van der Waals surface area contributed by atoms with Gasteiger partial charge in [0, 0.05) is 25.7 Å². The van der Waals surface area contributed by atoms with Crippen LogP contribution in [-0.2, 0) is 65.4 Å². The Hall–Kier alpha value is -5.32. The number of esters is 4. The Kier molecular flexibility index (Phi) is 75.8. The summed E-state index contributed by atoms with van der Waals surface area (Å²) in [7, 11) is -10.0. The van der Waals surface area contributed by atoms with E-state index in [0.717, 1.165) is 173 Å². The number of hydrogen-bond donors (Lipinski definition) is 3. The van der Waals surface area contributed by atoms with Crippen LogP contribution in [0, 0.1) is 0 Å². The van der Waals surface area contributed by atoms with Gasteiger partial charge in [-0.25, -0.2) is 9.13 Å². The summed E-state index contributed by atoms with van der Waals surface area (Å²) >= 11 is 0. The van der Waals surface area contributed by atoms with Crippen LogP contribution in [0.5, 0.6) is 0 Å². The zero-order valence-electron chi connectivity index (χ0n) is 67.5. The molecule has 616 valence electrons. The van der Waals surface area contributed by atoms with Crippen molar-refractivity contribution in [3.8, 4) is 0 Å². The number of aliphatic hydroxyl groups is 1. The first-order chi connectivity index (χ1) is 52.7. The molecule has 2 unspecified atom stereocenters. The first-order valence-electron chi connectivity index (χ1n) is 41.7. The van der Waals surface area contributed by atoms with E-state index in [1.807, 2.05) is 18.2 Å². The molecule has 108 heavy (non-hydrogen) atoms. The number of carbonyl (C=O) groups is 4. The highest BCUT2D eigenvalue weighted by molar-refractivity contribution is 7.47. The number of aliphatic hydroxyl groups excluding tert-OH is 1. The van der Waals surface area contributed by atoms with Crippen LogP contribution in [0.4, 0.5) is 0 Å². The molecule has 0 bridgehead atoms. The van der Waals surface area contributed by atoms with E-state index >= 15 is 0 Å². The average molecular weight is 1550 g/mol. The Morgan fingerprint density at radius 1 is 0.269 bits per heavy atom. The lowest BCUT2D eigenvalue weighted by molar-refractivity contribution is -0.161. The van der Waals surface area contributed by atoms with E-state index in [0.29, 0.717) is 32.1 Å². The standard InChI is InChI=1S/C89H148O17P2/c1-5-9-13-17-21-25-29-33-37-39-41-43-47-50-54-58-62-66-70-74-87(92)100-80-85(106-89(94)76-72-68-64-60-56-52-48-44-42-40-38-34-30-26-22-18-14-10-6-2)82-104-108(97,98)102-78-83(90)77-101-107(95,96)103-81-84(105-88(93)75-71-67-63-59-55-51-46-36-32-28-24-20-16-12-8-4)79-99-86(91)73-69-65-61-57-53-49-45-35-31-27-23-19-15-11-7-3/h9-10,13-14,21-22,25-26,28,32-35,37-38,41-45,50,52,54,56,64,68,83-85,90H,5-8,11-12,15-20,23-24,27,29-31,36,39-40,46-49,51,53,55,57-63,65-67,69-82H2,1-4H3,(H,95,96)(H,97,98)/b13-9-,14-10-,25-21-,26-22-,32-28-,37-33-,38-34-,43-41-,44-42-,45-35-,54-50-,56-52-,68-64-/t83-,84+,85+/m0/s1. The van der Waals surface area contributed by atoms with E-state index < -0.39 is 97.5 Å². The Balaban J connectivity index is 5.49. The fraction of sp³-hybridized carbons (Fsp3) is 0.663. The number of carbonyl (C=O) groups excluding carboxylic acids is 4. The molecule has 0 heterocycles. The second-order valence-corrected chi connectivity index (χ2v) is 30.2. The van der Waals surface area contributed by atoms with Crippen molar-refractivity contribution in [3.05, 3.63) is 158 Å². The maximum Gasteiger partial charge on any atom is 0.472 e. The van der Waals surface area contributed by atoms with Crippen LogP contribution in [0.3, 0.4) is 0 Å². The number of rotatable bonds is 77. The van der Waals surface area contributed by atoms with Gasteiger partial charge < -0.3 is 33.8 Å². The van der Waals surface area contributed by atoms with Crippen molar-refractivity contribution in [2.75, 3.05) is 39.6 Å². The van der Waals surface area contributed by atoms with Crippen LogP contribution in [-0.4, -0.2) is 96.7 Å². The highest BCUT2D eigenvalue weighted by Crippen LogP contribution is 2.45. The van der Waals surface area contributed by atoms with Crippen molar-refractivity contribution in [2.24, 2.45) is 0 Å². The van der Waals surface area contributed by atoms with Gasteiger partial charge in [0.25, 0.3) is 0 Å². The first-order valence-corrected chi connectivity index (χ1v) is 44.7. The first kappa shape index (κ1) is 103. The summed E-state index contributed by atoms with van der Waals surface area (Å²) in [6, 6.07) is 0. The van der Waals surface area contributed by atoms with E-state index in [4.69, 9.17) is 37.0 Å². The molecule has 3 N–H and O–H groups in total. The van der Waals surface area contributed by atoms with Crippen molar-refractivity contribution < 1.29 is 80.2 Å². The molecular formula is C89H148O17P2. The Morgan fingerprint density at radius 3 is 0.824 bits per heavy atom. The van der Waals surface area contributed by atoms with Crippen molar-refractivity contribution in [2.45, 2.75) is 341 Å². The number of unbranched alkanes of at least 4 members (excludes halogenated alkanes) is 25. The monoisotopic (exact) mass is 1550 g/mol. The largest absolute Gasteiger partial charge is 0.472 e. The predicted molar refractivity (Wildman–Crippen MR) is 445 cm³/mol. The van der Waals surface area contributed by atoms with Crippen molar-refractivity contribution >= 4 is 39.5 Å². The summed E-state index contributed by atoms with van der Waals surface area (Å²) in [6.07, 6.45) is 93.7. The van der Waals surface area contributed by atoms with Crippen LogP contribution in [0.1, 0.15) is 323 Å². The normalized spacial score (nSPS) is 14.6. The van der Waals surface area contributed by atoms with E-state index in [2.05, 4.69) is 167 Å². The molecule has 0 saturated heterocycles. The number of allylic oxidation sites excluding steroid dienone is 26. The Morgan fingerprint density at radius 2 is 0.500 bits per heavy atom. The quantitative estimate of drug-likeness (QED) is 0.0169. The summed E-state index contributed by atoms with van der Waals surface area (Å²) in [5.74, 6) is -2.33. The lowest BCUT2D eigenvalue weighted by atomic mass is 10.1. The minimum atomic E-state index is -5.02. The molecule has 5 atom stereocenters. The zero-order valence-corrected chi connectivity index (χ0v) is 69.3. The summed E-state index contributed by atoms with van der Waals surface area (Å²) in [5, 5.41) is 10.7. The molecule has 0 saturated carbocycles. The van der Waals surface area contributed by atoms with Gasteiger partial charge in [-0.15, -0.1) is 0 Å². The van der Waals surface area contributed by atoms with Gasteiger partial charge in [0.05, 0.1) is 26.4 Å². The molecule has 0 fully saturated rings. The third-order valence-electron chi connectivity index (χ3n) is 17.0. The molecule has 19 heteroatoms. The lowest BCUT2D eigenvalue weighted by Gasteiger charge is -2.21. The van der Waals surface area contributed by atoms with Gasteiger partial charge in [-0.2, -0.15) is 0 Å². The molecule has 17 nitrogen and oxygen atoms in total. The second kappa shape index (κ2) is 79.8. The van der Waals surface area contributed by atoms with Gasteiger partial charge in [0.2, 0.25) is 0 Å². The van der Waals surface area contributed by atoms with E-state index in [1.54, 1.807) is 0 Å². The van der Waals surface area contributed by atoms with Crippen molar-refractivity contribution in [1.29, 1.82) is 0 Å². The average Bonchev–Trinajstić information content (AvgIpc) is 0.900. The number of hydrogen-bond acceptors (Lipinski definition) is 15. The molecule has 0 aliphatic heterocycles. The maximum atomic E-state index is 13.1. The van der Waals surface area contributed by atoms with E-state index in [1.165, 1.54) is 64.2 Å². The Labute approximate surface area is 655 Å². The fourth-order valence-electron chi connectivity index (χ4n) is 10.7. The molecule has 0 rings (SSSR count). The summed E-state index contributed by atoms with van der Waals surface area (Å²) in [6.45, 7) is 4.51. The topological polar surface area (TPSA) is 237 Å². The van der Waals surface area contributed by atoms with Gasteiger partial charge in [-0.3, -0.25) is 37.3 Å². The van der Waals surface area contributed by atoms with Gasteiger partial charge in [0.15, 0.2) is 12.2 Å². The zero-order chi connectivity index (χ0) is 78.9. The summed E-state index contributed by atoms with van der Waals surface area (Å²) < 4.78 is 68.6. The SMILES string of the molecule is CC/C=C\C/C=C\C/C=C\C/C=C\C/C=C\C/C=C\CCC(=O)O[C@H](COC(=O)CCCCC/C=C\C/C=C\C/C=C\C/C=C\C/C=C\CC)COP(=O)(O)OC[C@@H](O)COP(=O)(O)OC[C@@H](COC(=O)CCCCCCC/C=C\CCCCCCCC)OC(=O)CCCCCCCCC/C=C\CCCCCC. The van der Waals surface area contributed by atoms with Crippen molar-refractivity contribution in [1.82, 2.24) is 0 Å². The molecule has 0 amide bonds. The van der Waals surface area contributed by atoms with E-state index in [-0.39, 0.29) is 25.7 Å². The van der Waals surface area contributed by atoms with Gasteiger partial charge in [-0.05, 0) is 161 Å². The molecular weight excluding hydrogens is 1400 g/mol. The highest BCUT2D eigenvalue weighted by atomic mass is 31.2. The number of ether oxygens (including phenoxy) is 4. The van der Waals surface area contributed by atoms with Gasteiger partial charge in [0.1, 0.15) is 19.3 Å². The van der Waals surface area contributed by atoms with Crippen molar-refractivity contribution in [3.63, 3.8) is 0 Å². The van der Waals surface area contributed by atoms with Crippen LogP contribution in [0.15, 0.2) is 158 Å². The molecule has 0 radical (unpaired) electrons. The van der Waals surface area contributed by atoms with Crippen LogP contribution in [0.2, 0.25) is 0 Å². The second-order valence-electron chi connectivity index (χ2n) is 27.3. The number of phosphoric acid groups is 2. The van der Waals surface area contributed by atoms with Crippen LogP contribution >= 0.6 is 15.6 Å². The molecule has 0 aromatic carbocycles. The molecule has 0 aliphatic carbocycles. The lowest BCUT2D eigenvalue weighted by Crippen LogP contribution is -2.30. The van der Waals surface area contributed by atoms with Crippen LogP contribution < -0.4 is 0 Å². The smallest absolute Gasteiger partial charge is 0.462 e. The molecule has 0 aromatic rings. The predicted octanol–water partition coefficient (Wildman–Crippen LogP) is 24.8. The maximum absolute atomic E-state index is 13.1. The fourth-order valence-corrected chi connectivity index (χ4v) is 12.3. The number of phosphoric ester groups is 2. The van der Waals surface area contributed by atoms with E-state index in [9.17, 15) is 43.2 Å². The summed E-state index contributed by atoms with van der Waals surface area (Å²) in [4.78, 5) is 73.1. The molecule has 0 aromatic heterocycles.